The third-order valence-electron chi connectivity index (χ3n) is 3.98. The lowest BCUT2D eigenvalue weighted by molar-refractivity contribution is -0.114. The molecule has 2 heterocycles. The van der Waals surface area contributed by atoms with Gasteiger partial charge in [-0.2, -0.15) is 15.0 Å². The van der Waals surface area contributed by atoms with Crippen molar-refractivity contribution in [2.75, 3.05) is 17.7 Å². The van der Waals surface area contributed by atoms with Gasteiger partial charge in [0, 0.05) is 39.3 Å². The molecule has 0 fully saturated rings. The summed E-state index contributed by atoms with van der Waals surface area (Å²) in [5.41, 5.74) is 2.44. The summed E-state index contributed by atoms with van der Waals surface area (Å²) >= 11 is 1.64. The van der Waals surface area contributed by atoms with Gasteiger partial charge in [0.25, 0.3) is 0 Å². The van der Waals surface area contributed by atoms with Gasteiger partial charge in [0.1, 0.15) is 0 Å². The van der Waals surface area contributed by atoms with Crippen molar-refractivity contribution in [1.29, 1.82) is 0 Å². The Morgan fingerprint density at radius 1 is 1.00 bits per heavy atom. The van der Waals surface area contributed by atoms with Crippen LogP contribution in [0.25, 0.3) is 21.5 Å². The molecule has 0 aliphatic rings. The number of aromatic nitrogens is 3. The van der Waals surface area contributed by atoms with Gasteiger partial charge < -0.3 is 15.4 Å². The number of hydrogen-bond acceptors (Lipinski definition) is 7. The Kier molecular flexibility index (Phi) is 4.86. The molecule has 2 aromatic carbocycles. The minimum Gasteiger partial charge on any atom is -0.467 e. The summed E-state index contributed by atoms with van der Waals surface area (Å²) in [6.07, 6.45) is 0. The number of carbonyl (C=O) groups excluding carboxylic acids is 1. The normalized spacial score (nSPS) is 10.6. The number of benzene rings is 2. The zero-order chi connectivity index (χ0) is 19.5. The van der Waals surface area contributed by atoms with Crippen molar-refractivity contribution in [3.05, 3.63) is 53.9 Å². The molecule has 4 rings (SSSR count). The van der Waals surface area contributed by atoms with Crippen molar-refractivity contribution in [3.8, 4) is 17.4 Å². The highest BCUT2D eigenvalue weighted by molar-refractivity contribution is 7.17. The van der Waals surface area contributed by atoms with E-state index in [1.54, 1.807) is 23.5 Å². The van der Waals surface area contributed by atoms with Gasteiger partial charge in [-0.15, -0.1) is 11.3 Å². The summed E-state index contributed by atoms with van der Waals surface area (Å²) < 4.78 is 6.43. The lowest BCUT2D eigenvalue weighted by Gasteiger charge is -2.09. The number of rotatable bonds is 5. The Balaban J connectivity index is 1.66. The fraction of sp³-hybridized carbons (Fsp3) is 0.100. The fourth-order valence-electron chi connectivity index (χ4n) is 2.74. The Morgan fingerprint density at radius 3 is 2.50 bits per heavy atom. The van der Waals surface area contributed by atoms with Gasteiger partial charge in [-0.3, -0.25) is 4.79 Å². The van der Waals surface area contributed by atoms with Crippen molar-refractivity contribution in [2.24, 2.45) is 0 Å². The Hall–Kier alpha value is -3.52. The number of nitrogens with one attached hydrogen (secondary N) is 2. The first-order chi connectivity index (χ1) is 13.6. The van der Waals surface area contributed by atoms with Crippen molar-refractivity contribution in [1.82, 2.24) is 15.0 Å². The highest BCUT2D eigenvalue weighted by atomic mass is 32.1. The molecule has 0 atom stereocenters. The van der Waals surface area contributed by atoms with Crippen molar-refractivity contribution in [3.63, 3.8) is 0 Å². The first kappa shape index (κ1) is 17.9. The van der Waals surface area contributed by atoms with Crippen LogP contribution in [0.2, 0.25) is 0 Å². The van der Waals surface area contributed by atoms with E-state index < -0.39 is 0 Å². The second-order valence-electron chi connectivity index (χ2n) is 6.00. The second-order valence-corrected chi connectivity index (χ2v) is 6.91. The molecule has 140 valence electrons. The van der Waals surface area contributed by atoms with Crippen molar-refractivity contribution >= 4 is 44.7 Å². The summed E-state index contributed by atoms with van der Waals surface area (Å²) in [7, 11) is 1.52. The minimum absolute atomic E-state index is 0.115. The van der Waals surface area contributed by atoms with Crippen LogP contribution < -0.4 is 15.4 Å². The number of amides is 1. The third-order valence-corrected chi connectivity index (χ3v) is 4.94. The maximum Gasteiger partial charge on any atom is 0.321 e. The number of fused-ring (bicyclic) bond motifs is 1. The summed E-state index contributed by atoms with van der Waals surface area (Å²) in [6.45, 7) is 1.47. The highest BCUT2D eigenvalue weighted by Gasteiger charge is 2.13. The largest absolute Gasteiger partial charge is 0.467 e. The van der Waals surface area contributed by atoms with E-state index in [1.807, 2.05) is 35.7 Å². The zero-order valence-electron chi connectivity index (χ0n) is 15.3. The summed E-state index contributed by atoms with van der Waals surface area (Å²) in [5, 5.41) is 9.01. The molecule has 0 saturated heterocycles. The molecule has 0 bridgehead atoms. The lowest BCUT2D eigenvalue weighted by atomic mass is 10.2. The van der Waals surface area contributed by atoms with Gasteiger partial charge in [0.2, 0.25) is 11.9 Å². The Labute approximate surface area is 165 Å². The molecular formula is C20H17N5O2S. The fourth-order valence-corrected chi connectivity index (χ4v) is 3.68. The average Bonchev–Trinajstić information content (AvgIpc) is 3.13. The van der Waals surface area contributed by atoms with E-state index in [1.165, 1.54) is 18.7 Å². The molecular weight excluding hydrogens is 374 g/mol. The highest BCUT2D eigenvalue weighted by Crippen LogP contribution is 2.33. The van der Waals surface area contributed by atoms with Gasteiger partial charge in [-0.25, -0.2) is 0 Å². The van der Waals surface area contributed by atoms with E-state index in [9.17, 15) is 4.79 Å². The van der Waals surface area contributed by atoms with E-state index >= 15 is 0 Å². The Bertz CT molecular complexity index is 1140. The molecule has 7 nitrogen and oxygen atoms in total. The molecule has 0 spiro atoms. The van der Waals surface area contributed by atoms with E-state index in [0.717, 1.165) is 22.3 Å². The van der Waals surface area contributed by atoms with E-state index in [0.29, 0.717) is 11.8 Å². The molecule has 1 amide bonds. The number of anilines is 3. The maximum absolute atomic E-state index is 11.1. The molecule has 0 unspecified atom stereocenters. The van der Waals surface area contributed by atoms with Crippen LogP contribution in [0.15, 0.2) is 53.9 Å². The first-order valence-electron chi connectivity index (χ1n) is 8.54. The summed E-state index contributed by atoms with van der Waals surface area (Å²) in [5.74, 6) is 0.807. The molecule has 0 saturated carbocycles. The Morgan fingerprint density at radius 2 is 1.75 bits per heavy atom. The molecule has 0 radical (unpaired) electrons. The molecule has 2 aromatic heterocycles. The van der Waals surface area contributed by atoms with Crippen LogP contribution in [0.5, 0.6) is 6.01 Å². The van der Waals surface area contributed by atoms with Gasteiger partial charge in [0.05, 0.1) is 7.11 Å². The number of thiophene rings is 1. The summed E-state index contributed by atoms with van der Waals surface area (Å²) in [4.78, 5) is 24.4. The van der Waals surface area contributed by atoms with E-state index in [4.69, 9.17) is 4.74 Å². The maximum atomic E-state index is 11.1. The average molecular weight is 391 g/mol. The summed E-state index contributed by atoms with van der Waals surface area (Å²) in [6, 6.07) is 15.6. The standard InChI is InChI=1S/C20H17N5O2S/c1-12(26)21-13-7-9-14(10-8-13)22-19-23-18(24-20(25-19)27-2)16-11-28-17-6-4-3-5-15(16)17/h3-11H,1-2H3,(H,21,26)(H,22,23,24,25). The van der Waals surface area contributed by atoms with Crippen molar-refractivity contribution in [2.45, 2.75) is 6.92 Å². The molecule has 4 aromatic rings. The van der Waals surface area contributed by atoms with Crippen molar-refractivity contribution < 1.29 is 9.53 Å². The van der Waals surface area contributed by atoms with Gasteiger partial charge in [-0.05, 0) is 30.3 Å². The van der Waals surface area contributed by atoms with Crippen LogP contribution in [0.1, 0.15) is 6.92 Å². The van der Waals surface area contributed by atoms with Crippen LogP contribution in [0, 0.1) is 0 Å². The van der Waals surface area contributed by atoms with Crippen LogP contribution in [-0.4, -0.2) is 28.0 Å². The molecule has 0 aliphatic heterocycles. The smallest absolute Gasteiger partial charge is 0.321 e. The van der Waals surface area contributed by atoms with Crippen LogP contribution in [0.4, 0.5) is 17.3 Å². The van der Waals surface area contributed by atoms with Crippen LogP contribution in [0.3, 0.4) is 0 Å². The number of ether oxygens (including phenoxy) is 1. The van der Waals surface area contributed by atoms with Crippen LogP contribution in [-0.2, 0) is 4.79 Å². The predicted molar refractivity (Wildman–Crippen MR) is 111 cm³/mol. The molecule has 2 N–H and O–H groups in total. The quantitative estimate of drug-likeness (QED) is 0.522. The van der Waals surface area contributed by atoms with Gasteiger partial charge in [0.15, 0.2) is 5.82 Å². The molecule has 0 aliphatic carbocycles. The SMILES string of the molecule is COc1nc(Nc2ccc(NC(C)=O)cc2)nc(-c2csc3ccccc23)n1. The van der Waals surface area contributed by atoms with Gasteiger partial charge in [-0.1, -0.05) is 18.2 Å². The zero-order valence-corrected chi connectivity index (χ0v) is 16.1. The van der Waals surface area contributed by atoms with E-state index in [-0.39, 0.29) is 11.9 Å². The van der Waals surface area contributed by atoms with Crippen LogP contribution >= 0.6 is 11.3 Å². The number of nitrogens with zero attached hydrogens (tertiary/aromatic N) is 3. The second kappa shape index (κ2) is 7.61. The lowest BCUT2D eigenvalue weighted by Crippen LogP contribution is -2.06. The molecule has 8 heteroatoms. The molecule has 28 heavy (non-hydrogen) atoms. The number of carbonyl (C=O) groups is 1. The van der Waals surface area contributed by atoms with Gasteiger partial charge >= 0.3 is 6.01 Å². The number of hydrogen-bond donors (Lipinski definition) is 2. The predicted octanol–water partition coefficient (Wildman–Crippen LogP) is 4.46. The van der Waals surface area contributed by atoms with E-state index in [2.05, 4.69) is 31.7 Å². The topological polar surface area (TPSA) is 89.0 Å². The number of methoxy groups -OCH3 is 1. The third kappa shape index (κ3) is 3.77. The first-order valence-corrected chi connectivity index (χ1v) is 9.42. The minimum atomic E-state index is -0.115. The monoisotopic (exact) mass is 391 g/mol.